The summed E-state index contributed by atoms with van der Waals surface area (Å²) in [6.07, 6.45) is 2.35. The second-order valence-electron chi connectivity index (χ2n) is 5.09. The monoisotopic (exact) mass is 292 g/mol. The average Bonchev–Trinajstić information content (AvgIpc) is 2.81. The maximum atomic E-state index is 12.3. The van der Waals surface area contributed by atoms with Crippen molar-refractivity contribution in [2.75, 3.05) is 6.54 Å². The molecule has 4 heteroatoms. The Hall–Kier alpha value is -2.88. The van der Waals surface area contributed by atoms with Crippen LogP contribution in [0.5, 0.6) is 0 Å². The summed E-state index contributed by atoms with van der Waals surface area (Å²) < 4.78 is 0. The predicted molar refractivity (Wildman–Crippen MR) is 84.8 cm³/mol. The Morgan fingerprint density at radius 3 is 2.23 bits per heavy atom. The highest BCUT2D eigenvalue weighted by atomic mass is 16.2. The Labute approximate surface area is 129 Å². The van der Waals surface area contributed by atoms with E-state index in [0.717, 1.165) is 11.1 Å². The van der Waals surface area contributed by atoms with Gasteiger partial charge in [0.05, 0.1) is 0 Å². The van der Waals surface area contributed by atoms with E-state index in [-0.39, 0.29) is 11.9 Å². The molecule has 0 bridgehead atoms. The predicted octanol–water partition coefficient (Wildman–Crippen LogP) is 2.82. The van der Waals surface area contributed by atoms with E-state index < -0.39 is 0 Å². The van der Waals surface area contributed by atoms with Crippen LogP contribution in [-0.2, 0) is 11.2 Å². The van der Waals surface area contributed by atoms with E-state index in [1.807, 2.05) is 60.7 Å². The van der Waals surface area contributed by atoms with E-state index in [1.165, 1.54) is 4.90 Å². The summed E-state index contributed by atoms with van der Waals surface area (Å²) in [4.78, 5) is 25.5. The summed E-state index contributed by atoms with van der Waals surface area (Å²) in [7, 11) is 0. The van der Waals surface area contributed by atoms with Gasteiger partial charge in [-0.25, -0.2) is 4.79 Å². The Kier molecular flexibility index (Phi) is 4.01. The molecule has 22 heavy (non-hydrogen) atoms. The van der Waals surface area contributed by atoms with Crippen molar-refractivity contribution in [3.05, 3.63) is 77.5 Å². The fraction of sp³-hybridized carbons (Fsp3) is 0.111. The molecule has 0 atom stereocenters. The van der Waals surface area contributed by atoms with Gasteiger partial charge >= 0.3 is 6.03 Å². The van der Waals surface area contributed by atoms with Crippen molar-refractivity contribution < 1.29 is 9.59 Å². The number of imide groups is 1. The van der Waals surface area contributed by atoms with E-state index in [1.54, 1.807) is 6.08 Å². The normalized spacial score (nSPS) is 16.2. The third-order valence-electron chi connectivity index (χ3n) is 3.54. The van der Waals surface area contributed by atoms with Gasteiger partial charge in [-0.3, -0.25) is 9.69 Å². The topological polar surface area (TPSA) is 49.4 Å². The summed E-state index contributed by atoms with van der Waals surface area (Å²) >= 11 is 0. The van der Waals surface area contributed by atoms with Gasteiger partial charge in [0.25, 0.3) is 5.91 Å². The minimum atomic E-state index is -0.358. The quantitative estimate of drug-likeness (QED) is 0.696. The van der Waals surface area contributed by atoms with Crippen molar-refractivity contribution >= 4 is 18.0 Å². The van der Waals surface area contributed by atoms with Crippen molar-refractivity contribution in [1.29, 1.82) is 0 Å². The van der Waals surface area contributed by atoms with Gasteiger partial charge in [0, 0.05) is 6.54 Å². The van der Waals surface area contributed by atoms with Gasteiger partial charge in [-0.1, -0.05) is 60.7 Å². The molecule has 1 saturated heterocycles. The van der Waals surface area contributed by atoms with Crippen LogP contribution in [0.3, 0.4) is 0 Å². The number of benzene rings is 2. The van der Waals surface area contributed by atoms with Crippen molar-refractivity contribution in [3.8, 4) is 0 Å². The summed E-state index contributed by atoms with van der Waals surface area (Å²) in [5, 5.41) is 2.64. The first-order valence-electron chi connectivity index (χ1n) is 7.17. The van der Waals surface area contributed by atoms with E-state index in [9.17, 15) is 9.59 Å². The SMILES string of the molecule is O=C1NC(=Cc2ccccc2)C(=O)N1CCc1ccccc1. The second-order valence-corrected chi connectivity index (χ2v) is 5.09. The Bertz CT molecular complexity index is 708. The molecule has 1 N–H and O–H groups in total. The molecule has 0 spiro atoms. The number of hydrogen-bond acceptors (Lipinski definition) is 2. The number of carbonyl (C=O) groups is 2. The second kappa shape index (κ2) is 6.26. The van der Waals surface area contributed by atoms with Crippen molar-refractivity contribution in [2.45, 2.75) is 6.42 Å². The maximum absolute atomic E-state index is 12.3. The first-order valence-corrected chi connectivity index (χ1v) is 7.17. The lowest BCUT2D eigenvalue weighted by Crippen LogP contribution is -2.32. The Morgan fingerprint density at radius 2 is 1.55 bits per heavy atom. The van der Waals surface area contributed by atoms with Crippen molar-refractivity contribution in [2.24, 2.45) is 0 Å². The average molecular weight is 292 g/mol. The van der Waals surface area contributed by atoms with Crippen LogP contribution in [0.25, 0.3) is 6.08 Å². The van der Waals surface area contributed by atoms with E-state index in [4.69, 9.17) is 0 Å². The molecule has 1 heterocycles. The molecule has 2 aromatic rings. The first kappa shape index (κ1) is 14.1. The first-order chi connectivity index (χ1) is 10.7. The van der Waals surface area contributed by atoms with Crippen molar-refractivity contribution in [1.82, 2.24) is 10.2 Å². The third kappa shape index (κ3) is 3.06. The molecule has 4 nitrogen and oxygen atoms in total. The van der Waals surface area contributed by atoms with E-state index in [2.05, 4.69) is 5.32 Å². The summed E-state index contributed by atoms with van der Waals surface area (Å²) in [6.45, 7) is 0.376. The van der Waals surface area contributed by atoms with Gasteiger partial charge in [0.1, 0.15) is 5.70 Å². The molecule has 0 radical (unpaired) electrons. The minimum Gasteiger partial charge on any atom is -0.303 e. The van der Waals surface area contributed by atoms with E-state index >= 15 is 0 Å². The smallest absolute Gasteiger partial charge is 0.303 e. The zero-order chi connectivity index (χ0) is 15.4. The van der Waals surface area contributed by atoms with Gasteiger partial charge in [0.2, 0.25) is 0 Å². The number of nitrogens with zero attached hydrogens (tertiary/aromatic N) is 1. The van der Waals surface area contributed by atoms with Crippen LogP contribution in [0.15, 0.2) is 66.4 Å². The zero-order valence-electron chi connectivity index (χ0n) is 12.0. The van der Waals surface area contributed by atoms with Crippen LogP contribution < -0.4 is 5.32 Å². The molecule has 110 valence electrons. The molecular formula is C18H16N2O2. The number of carbonyl (C=O) groups excluding carboxylic acids is 2. The Balaban J connectivity index is 1.71. The highest BCUT2D eigenvalue weighted by molar-refractivity contribution is 6.13. The summed E-state index contributed by atoms with van der Waals surface area (Å²) in [5.41, 5.74) is 2.31. The van der Waals surface area contributed by atoms with E-state index in [0.29, 0.717) is 18.7 Å². The molecule has 0 unspecified atom stereocenters. The van der Waals surface area contributed by atoms with Crippen LogP contribution in [-0.4, -0.2) is 23.4 Å². The molecule has 2 aromatic carbocycles. The standard InChI is InChI=1S/C18H16N2O2/c21-17-16(13-15-9-5-2-6-10-15)19-18(22)20(17)12-11-14-7-3-1-4-8-14/h1-10,13H,11-12H2,(H,19,22). The van der Waals surface area contributed by atoms with Crippen LogP contribution in [0.4, 0.5) is 4.79 Å². The fourth-order valence-corrected chi connectivity index (χ4v) is 2.38. The number of amides is 3. The van der Waals surface area contributed by atoms with Gasteiger partial charge < -0.3 is 5.32 Å². The van der Waals surface area contributed by atoms with Crippen LogP contribution in [0.2, 0.25) is 0 Å². The number of urea groups is 1. The molecular weight excluding hydrogens is 276 g/mol. The molecule has 0 saturated carbocycles. The van der Waals surface area contributed by atoms with Crippen LogP contribution in [0.1, 0.15) is 11.1 Å². The largest absolute Gasteiger partial charge is 0.329 e. The molecule has 0 aromatic heterocycles. The van der Waals surface area contributed by atoms with Gasteiger partial charge in [-0.05, 0) is 23.6 Å². The highest BCUT2D eigenvalue weighted by Crippen LogP contribution is 2.14. The zero-order valence-corrected chi connectivity index (χ0v) is 12.0. The number of hydrogen-bond donors (Lipinski definition) is 1. The molecule has 1 aliphatic heterocycles. The molecule has 3 rings (SSSR count). The molecule has 0 aliphatic carbocycles. The van der Waals surface area contributed by atoms with Crippen LogP contribution in [0, 0.1) is 0 Å². The number of nitrogens with one attached hydrogen (secondary N) is 1. The summed E-state index contributed by atoms with van der Waals surface area (Å²) in [6, 6.07) is 18.9. The minimum absolute atomic E-state index is 0.273. The molecule has 1 aliphatic rings. The van der Waals surface area contributed by atoms with Gasteiger partial charge in [-0.15, -0.1) is 0 Å². The highest BCUT2D eigenvalue weighted by Gasteiger charge is 2.32. The number of rotatable bonds is 4. The van der Waals surface area contributed by atoms with Crippen molar-refractivity contribution in [3.63, 3.8) is 0 Å². The molecule has 1 fully saturated rings. The lowest BCUT2D eigenvalue weighted by atomic mass is 10.1. The lowest BCUT2D eigenvalue weighted by molar-refractivity contribution is -0.122. The van der Waals surface area contributed by atoms with Crippen LogP contribution >= 0.6 is 0 Å². The maximum Gasteiger partial charge on any atom is 0.329 e. The lowest BCUT2D eigenvalue weighted by Gasteiger charge is -2.11. The van der Waals surface area contributed by atoms with Gasteiger partial charge in [-0.2, -0.15) is 0 Å². The Morgan fingerprint density at radius 1 is 0.909 bits per heavy atom. The summed E-state index contributed by atoms with van der Waals surface area (Å²) in [5.74, 6) is -0.273. The fourth-order valence-electron chi connectivity index (χ4n) is 2.38. The third-order valence-corrected chi connectivity index (χ3v) is 3.54. The van der Waals surface area contributed by atoms with Gasteiger partial charge in [0.15, 0.2) is 0 Å². The molecule has 3 amide bonds.